The number of nitrogens with zero attached hydrogens (tertiary/aromatic N) is 2. The van der Waals surface area contributed by atoms with Crippen LogP contribution in [0.1, 0.15) is 13.0 Å². The third-order valence-corrected chi connectivity index (χ3v) is 4.15. The smallest absolute Gasteiger partial charge is 0.323 e. The molecule has 1 radical (unpaired) electrons. The van der Waals surface area contributed by atoms with Crippen LogP contribution in [-0.2, 0) is 14.8 Å². The Morgan fingerprint density at radius 1 is 1.36 bits per heavy atom. The SMILES string of the molecule is [2H]C([C]=O)(NC(=O)N1CCN(S(C)(=O)=O)C1=O)c1ccccc1. The molecule has 4 amide bonds. The average Bonchev–Trinajstić information content (AvgIpc) is 2.90. The Bertz CT molecular complexity index is 739. The molecule has 9 heteroatoms. The van der Waals surface area contributed by atoms with Gasteiger partial charge in [-0.15, -0.1) is 0 Å². The maximum atomic E-state index is 12.1. The Balaban J connectivity index is 2.19. The number of carbonyl (C=O) groups is 2. The van der Waals surface area contributed by atoms with E-state index in [0.717, 1.165) is 6.26 Å². The molecule has 0 bridgehead atoms. The van der Waals surface area contributed by atoms with Gasteiger partial charge < -0.3 is 5.32 Å². The molecule has 22 heavy (non-hydrogen) atoms. The van der Waals surface area contributed by atoms with Crippen LogP contribution in [-0.4, -0.2) is 55.3 Å². The van der Waals surface area contributed by atoms with E-state index in [2.05, 4.69) is 5.32 Å². The van der Waals surface area contributed by atoms with Gasteiger partial charge in [-0.2, -0.15) is 0 Å². The van der Waals surface area contributed by atoms with Crippen LogP contribution in [0.25, 0.3) is 0 Å². The second kappa shape index (κ2) is 6.14. The molecule has 1 atom stereocenters. The highest BCUT2D eigenvalue weighted by Crippen LogP contribution is 2.15. The summed E-state index contributed by atoms with van der Waals surface area (Å²) < 4.78 is 31.4. The minimum atomic E-state index is -3.78. The third kappa shape index (κ3) is 3.25. The van der Waals surface area contributed by atoms with E-state index >= 15 is 0 Å². The van der Waals surface area contributed by atoms with Gasteiger partial charge in [0.1, 0.15) is 6.02 Å². The molecule has 0 aliphatic carbocycles. The molecule has 1 heterocycles. The first-order valence-electron chi connectivity index (χ1n) is 6.75. The van der Waals surface area contributed by atoms with Gasteiger partial charge in [-0.25, -0.2) is 27.2 Å². The molecule has 1 aliphatic rings. The van der Waals surface area contributed by atoms with Gasteiger partial charge in [-0.05, 0) is 5.56 Å². The summed E-state index contributed by atoms with van der Waals surface area (Å²) in [5.41, 5.74) is 0.162. The first kappa shape index (κ1) is 14.5. The summed E-state index contributed by atoms with van der Waals surface area (Å²) in [4.78, 5) is 35.9. The Labute approximate surface area is 129 Å². The molecular weight excluding hydrogens is 310 g/mol. The van der Waals surface area contributed by atoms with Crippen molar-refractivity contribution in [3.63, 3.8) is 0 Å². The molecule has 1 aliphatic heterocycles. The van der Waals surface area contributed by atoms with E-state index < -0.39 is 28.1 Å². The molecule has 0 aromatic heterocycles. The predicted octanol–water partition coefficient (Wildman–Crippen LogP) is 0.244. The van der Waals surface area contributed by atoms with Crippen LogP contribution in [0, 0.1) is 0 Å². The summed E-state index contributed by atoms with van der Waals surface area (Å²) in [7, 11) is -3.78. The highest BCUT2D eigenvalue weighted by molar-refractivity contribution is 7.88. The van der Waals surface area contributed by atoms with Gasteiger partial charge in [0.05, 0.1) is 20.7 Å². The van der Waals surface area contributed by atoms with Crippen LogP contribution >= 0.6 is 0 Å². The lowest BCUT2D eigenvalue weighted by Crippen LogP contribution is -2.45. The van der Waals surface area contributed by atoms with E-state index in [9.17, 15) is 22.8 Å². The topological polar surface area (TPSA) is 104 Å². The van der Waals surface area contributed by atoms with Crippen molar-refractivity contribution in [2.24, 2.45) is 0 Å². The van der Waals surface area contributed by atoms with E-state index in [1.165, 1.54) is 18.4 Å². The van der Waals surface area contributed by atoms with Gasteiger partial charge >= 0.3 is 12.1 Å². The van der Waals surface area contributed by atoms with Gasteiger partial charge in [0.2, 0.25) is 16.3 Å². The predicted molar refractivity (Wildman–Crippen MR) is 77.1 cm³/mol. The minimum absolute atomic E-state index is 0.162. The molecule has 1 aromatic carbocycles. The highest BCUT2D eigenvalue weighted by atomic mass is 32.2. The molecule has 117 valence electrons. The molecule has 1 saturated heterocycles. The maximum absolute atomic E-state index is 12.1. The zero-order valence-corrected chi connectivity index (χ0v) is 12.5. The molecule has 0 spiro atoms. The largest absolute Gasteiger partial charge is 0.341 e. The first-order valence-corrected chi connectivity index (χ1v) is 8.10. The van der Waals surface area contributed by atoms with E-state index in [1.807, 2.05) is 0 Å². The molecule has 1 N–H and O–H groups in total. The van der Waals surface area contributed by atoms with Gasteiger partial charge in [-0.1, -0.05) is 30.3 Å². The number of carbonyl (C=O) groups excluding carboxylic acids is 3. The Morgan fingerprint density at radius 3 is 2.50 bits per heavy atom. The lowest BCUT2D eigenvalue weighted by Gasteiger charge is -2.19. The fourth-order valence-corrected chi connectivity index (χ4v) is 2.74. The standard InChI is InChI=1S/C13H14N3O5S/c1-22(20,21)16-8-7-15(13(16)19)12(18)14-11(9-17)10-5-3-2-4-6-10/h2-6,11H,7-8H2,1H3,(H,14,18)/i11D. The lowest BCUT2D eigenvalue weighted by atomic mass is 10.1. The van der Waals surface area contributed by atoms with E-state index in [-0.39, 0.29) is 18.7 Å². The van der Waals surface area contributed by atoms with Crippen LogP contribution in [0.3, 0.4) is 0 Å². The number of urea groups is 2. The van der Waals surface area contributed by atoms with E-state index in [0.29, 0.717) is 9.21 Å². The summed E-state index contributed by atoms with van der Waals surface area (Å²) in [6.07, 6.45) is 2.27. The molecule has 1 fully saturated rings. The van der Waals surface area contributed by atoms with Gasteiger partial charge in [0.15, 0.2) is 0 Å². The summed E-state index contributed by atoms with van der Waals surface area (Å²) in [6.45, 7) is -0.340. The zero-order chi connectivity index (χ0) is 17.3. The van der Waals surface area contributed by atoms with Crippen molar-refractivity contribution >= 4 is 28.4 Å². The Kier molecular flexibility index (Phi) is 4.05. The fraction of sp³-hybridized carbons (Fsp3) is 0.308. The minimum Gasteiger partial charge on any atom is -0.323 e. The van der Waals surface area contributed by atoms with Crippen molar-refractivity contribution in [3.8, 4) is 0 Å². The average molecular weight is 325 g/mol. The number of hydrogen-bond donors (Lipinski definition) is 1. The number of amides is 4. The van der Waals surface area contributed by atoms with Gasteiger partial charge in [0.25, 0.3) is 0 Å². The Hall–Kier alpha value is -2.42. The van der Waals surface area contributed by atoms with Crippen LogP contribution in [0.5, 0.6) is 0 Å². The normalized spacial score (nSPS) is 18.6. The number of nitrogens with one attached hydrogen (secondary N) is 1. The lowest BCUT2D eigenvalue weighted by molar-refractivity contribution is 0.193. The monoisotopic (exact) mass is 325 g/mol. The second-order valence-corrected chi connectivity index (χ2v) is 6.45. The second-order valence-electron chi connectivity index (χ2n) is 4.54. The number of rotatable bonds is 4. The molecule has 2 rings (SSSR count). The molecule has 1 unspecified atom stereocenters. The molecule has 0 saturated carbocycles. The number of hydrogen-bond acceptors (Lipinski definition) is 5. The van der Waals surface area contributed by atoms with Crippen LogP contribution in [0.2, 0.25) is 0 Å². The van der Waals surface area contributed by atoms with Crippen LogP contribution in [0.4, 0.5) is 9.59 Å². The van der Waals surface area contributed by atoms with Gasteiger partial charge in [0, 0.05) is 0 Å². The molecule has 1 aromatic rings. The van der Waals surface area contributed by atoms with E-state index in [1.54, 1.807) is 18.2 Å². The van der Waals surface area contributed by atoms with Crippen molar-refractivity contribution < 1.29 is 24.2 Å². The van der Waals surface area contributed by atoms with Crippen LogP contribution < -0.4 is 5.32 Å². The third-order valence-electron chi connectivity index (χ3n) is 3.01. The summed E-state index contributed by atoms with van der Waals surface area (Å²) in [5, 5.41) is 2.09. The summed E-state index contributed by atoms with van der Waals surface area (Å²) in [6, 6.07) is 3.47. The Morgan fingerprint density at radius 2 is 2.00 bits per heavy atom. The van der Waals surface area contributed by atoms with Crippen LogP contribution in [0.15, 0.2) is 30.3 Å². The van der Waals surface area contributed by atoms with Crippen molar-refractivity contribution in [1.82, 2.24) is 14.5 Å². The number of imide groups is 1. The summed E-state index contributed by atoms with van der Waals surface area (Å²) in [5.74, 6) is 0. The quantitative estimate of drug-likeness (QED) is 0.854. The first-order chi connectivity index (χ1) is 10.7. The maximum Gasteiger partial charge on any atom is 0.341 e. The molecular formula is C13H14N3O5S. The molecule has 8 nitrogen and oxygen atoms in total. The highest BCUT2D eigenvalue weighted by Gasteiger charge is 2.38. The van der Waals surface area contributed by atoms with Crippen molar-refractivity contribution in [2.75, 3.05) is 19.3 Å². The van der Waals surface area contributed by atoms with Crippen molar-refractivity contribution in [2.45, 2.75) is 6.02 Å². The number of sulfonamides is 1. The number of benzene rings is 1. The summed E-state index contributed by atoms with van der Waals surface area (Å²) >= 11 is 0. The van der Waals surface area contributed by atoms with Crippen molar-refractivity contribution in [1.29, 1.82) is 0 Å². The van der Waals surface area contributed by atoms with Crippen molar-refractivity contribution in [3.05, 3.63) is 35.9 Å². The van der Waals surface area contributed by atoms with E-state index in [4.69, 9.17) is 1.37 Å². The van der Waals surface area contributed by atoms with Gasteiger partial charge in [-0.3, -0.25) is 4.79 Å². The fourth-order valence-electron chi connectivity index (χ4n) is 1.95. The zero-order valence-electron chi connectivity index (χ0n) is 12.6.